The van der Waals surface area contributed by atoms with E-state index in [-0.39, 0.29) is 23.1 Å². The van der Waals surface area contributed by atoms with E-state index in [9.17, 15) is 18.0 Å². The minimum atomic E-state index is -3.65. The molecule has 11 heteroatoms. The molecule has 2 saturated heterocycles. The summed E-state index contributed by atoms with van der Waals surface area (Å²) in [4.78, 5) is 29.1. The van der Waals surface area contributed by atoms with E-state index in [1.807, 2.05) is 0 Å². The van der Waals surface area contributed by atoms with Gasteiger partial charge in [-0.1, -0.05) is 0 Å². The van der Waals surface area contributed by atoms with Gasteiger partial charge >= 0.3 is 0 Å². The topological polar surface area (TPSA) is 108 Å². The van der Waals surface area contributed by atoms with Crippen molar-refractivity contribution in [2.45, 2.75) is 24.3 Å². The number of amides is 2. The molecule has 1 N–H and O–H groups in total. The summed E-state index contributed by atoms with van der Waals surface area (Å²) in [5.74, 6) is -0.483. The number of anilines is 1. The highest BCUT2D eigenvalue weighted by Gasteiger charge is 2.38. The molecule has 1 atom stereocenters. The molecule has 1 aromatic rings. The standard InChI is InChI=1S/C21H30N4O6S/c1-16(26)25-19-3-2-18(32(28,29)24-8-12-31-13-9-24)14-17(19)15-20(25)21(27)22-4-5-23-6-10-30-11-7-23/h2-3,14,20H,4-13,15H2,1H3,(H,22,27)/t20-/m0/s1. The average molecular weight is 467 g/mol. The van der Waals surface area contributed by atoms with Gasteiger partial charge in [-0.2, -0.15) is 4.31 Å². The Morgan fingerprint density at radius 3 is 2.38 bits per heavy atom. The van der Waals surface area contributed by atoms with Crippen LogP contribution in [0.2, 0.25) is 0 Å². The van der Waals surface area contributed by atoms with Crippen LogP contribution in [0.3, 0.4) is 0 Å². The second kappa shape index (κ2) is 9.84. The van der Waals surface area contributed by atoms with Gasteiger partial charge in [0.1, 0.15) is 6.04 Å². The first-order chi connectivity index (χ1) is 15.4. The predicted molar refractivity (Wildman–Crippen MR) is 117 cm³/mol. The third-order valence-corrected chi connectivity index (χ3v) is 8.01. The lowest BCUT2D eigenvalue weighted by molar-refractivity contribution is -0.125. The van der Waals surface area contributed by atoms with Crippen molar-refractivity contribution in [1.29, 1.82) is 0 Å². The zero-order valence-corrected chi connectivity index (χ0v) is 19.1. The number of fused-ring (bicyclic) bond motifs is 1. The Kier molecular flexibility index (Phi) is 7.11. The number of rotatable bonds is 6. The van der Waals surface area contributed by atoms with Gasteiger partial charge in [-0.05, 0) is 23.8 Å². The molecule has 1 aromatic carbocycles. The molecule has 10 nitrogen and oxygen atoms in total. The molecule has 4 rings (SSSR count). The summed E-state index contributed by atoms with van der Waals surface area (Å²) in [7, 11) is -3.65. The molecular weight excluding hydrogens is 436 g/mol. The van der Waals surface area contributed by atoms with Crippen LogP contribution in [0, 0.1) is 0 Å². The summed E-state index contributed by atoms with van der Waals surface area (Å²) < 4.78 is 38.0. The smallest absolute Gasteiger partial charge is 0.243 e. The van der Waals surface area contributed by atoms with Crippen LogP contribution in [-0.4, -0.2) is 101 Å². The SMILES string of the molecule is CC(=O)N1c2ccc(S(=O)(=O)N3CCOCC3)cc2C[C@H]1C(=O)NCCN1CCOCC1. The second-order valence-corrected chi connectivity index (χ2v) is 10.1. The van der Waals surface area contributed by atoms with Gasteiger partial charge in [0.15, 0.2) is 0 Å². The zero-order chi connectivity index (χ0) is 22.7. The van der Waals surface area contributed by atoms with Crippen molar-refractivity contribution in [3.63, 3.8) is 0 Å². The Morgan fingerprint density at radius 2 is 1.72 bits per heavy atom. The minimum absolute atomic E-state index is 0.176. The number of benzene rings is 1. The van der Waals surface area contributed by atoms with Crippen LogP contribution in [0.1, 0.15) is 12.5 Å². The van der Waals surface area contributed by atoms with Crippen LogP contribution in [-0.2, 0) is 35.5 Å². The van der Waals surface area contributed by atoms with Crippen molar-refractivity contribution < 1.29 is 27.5 Å². The summed E-state index contributed by atoms with van der Waals surface area (Å²) in [6, 6.07) is 4.05. The number of nitrogens with one attached hydrogen (secondary N) is 1. The molecule has 0 spiro atoms. The molecule has 2 amide bonds. The van der Waals surface area contributed by atoms with E-state index in [2.05, 4.69) is 10.2 Å². The monoisotopic (exact) mass is 466 g/mol. The minimum Gasteiger partial charge on any atom is -0.379 e. The lowest BCUT2D eigenvalue weighted by Gasteiger charge is -2.27. The highest BCUT2D eigenvalue weighted by atomic mass is 32.2. The maximum atomic E-state index is 13.0. The number of hydrogen-bond donors (Lipinski definition) is 1. The summed E-state index contributed by atoms with van der Waals surface area (Å²) in [5, 5.41) is 2.93. The molecule has 0 bridgehead atoms. The first kappa shape index (κ1) is 23.1. The summed E-state index contributed by atoms with van der Waals surface area (Å²) in [6.45, 7) is 7.05. The lowest BCUT2D eigenvalue weighted by atomic mass is 10.1. The van der Waals surface area contributed by atoms with Crippen molar-refractivity contribution in [3.8, 4) is 0 Å². The number of carbonyl (C=O) groups is 2. The lowest BCUT2D eigenvalue weighted by Crippen LogP contribution is -2.49. The maximum Gasteiger partial charge on any atom is 0.243 e. The molecule has 176 valence electrons. The van der Waals surface area contributed by atoms with Gasteiger partial charge in [0, 0.05) is 58.3 Å². The molecule has 0 saturated carbocycles. The first-order valence-electron chi connectivity index (χ1n) is 11.0. The van der Waals surface area contributed by atoms with Crippen LogP contribution in [0.4, 0.5) is 5.69 Å². The van der Waals surface area contributed by atoms with Crippen molar-refractivity contribution in [3.05, 3.63) is 23.8 Å². The first-order valence-corrected chi connectivity index (χ1v) is 12.4. The van der Waals surface area contributed by atoms with E-state index in [1.54, 1.807) is 12.1 Å². The number of ether oxygens (including phenoxy) is 2. The molecule has 2 fully saturated rings. The van der Waals surface area contributed by atoms with Crippen molar-refractivity contribution in [2.75, 3.05) is 70.6 Å². The Hall–Kier alpha value is -2.05. The van der Waals surface area contributed by atoms with Crippen LogP contribution in [0.5, 0.6) is 0 Å². The molecule has 0 aromatic heterocycles. The fraction of sp³-hybridized carbons (Fsp3) is 0.619. The van der Waals surface area contributed by atoms with Crippen molar-refractivity contribution in [1.82, 2.24) is 14.5 Å². The van der Waals surface area contributed by atoms with E-state index >= 15 is 0 Å². The normalized spacial score (nSPS) is 22.5. The molecule has 0 unspecified atom stereocenters. The van der Waals surface area contributed by atoms with Crippen molar-refractivity contribution in [2.24, 2.45) is 0 Å². The molecule has 3 aliphatic heterocycles. The molecule has 0 aliphatic carbocycles. The zero-order valence-electron chi connectivity index (χ0n) is 18.3. The van der Waals surface area contributed by atoms with Gasteiger partial charge in [0.2, 0.25) is 21.8 Å². The predicted octanol–water partition coefficient (Wildman–Crippen LogP) is -0.566. The molecule has 32 heavy (non-hydrogen) atoms. The number of morpholine rings is 2. The fourth-order valence-electron chi connectivity index (χ4n) is 4.40. The van der Waals surface area contributed by atoms with Crippen LogP contribution in [0.25, 0.3) is 0 Å². The Labute approximate surface area is 188 Å². The van der Waals surface area contributed by atoms with Gasteiger partial charge in [-0.25, -0.2) is 8.42 Å². The quantitative estimate of drug-likeness (QED) is 0.598. The molecule has 3 aliphatic rings. The molecule has 0 radical (unpaired) electrons. The largest absolute Gasteiger partial charge is 0.379 e. The van der Waals surface area contributed by atoms with Crippen LogP contribution < -0.4 is 10.2 Å². The van der Waals surface area contributed by atoms with Gasteiger partial charge in [-0.3, -0.25) is 19.4 Å². The van der Waals surface area contributed by atoms with E-state index in [4.69, 9.17) is 9.47 Å². The third-order valence-electron chi connectivity index (χ3n) is 6.12. The van der Waals surface area contributed by atoms with E-state index in [0.29, 0.717) is 57.3 Å². The fourth-order valence-corrected chi connectivity index (χ4v) is 5.86. The van der Waals surface area contributed by atoms with Gasteiger partial charge in [0.05, 0.1) is 31.3 Å². The number of nitrogens with zero attached hydrogens (tertiary/aromatic N) is 3. The maximum absolute atomic E-state index is 13.0. The van der Waals surface area contributed by atoms with Gasteiger partial charge in [0.25, 0.3) is 0 Å². The number of sulfonamides is 1. The van der Waals surface area contributed by atoms with Crippen LogP contribution in [0.15, 0.2) is 23.1 Å². The highest BCUT2D eigenvalue weighted by molar-refractivity contribution is 7.89. The highest BCUT2D eigenvalue weighted by Crippen LogP contribution is 2.35. The van der Waals surface area contributed by atoms with Crippen LogP contribution >= 0.6 is 0 Å². The van der Waals surface area contributed by atoms with E-state index in [1.165, 1.54) is 22.2 Å². The van der Waals surface area contributed by atoms with E-state index in [0.717, 1.165) is 19.6 Å². The Morgan fingerprint density at radius 1 is 1.06 bits per heavy atom. The third kappa shape index (κ3) is 4.81. The van der Waals surface area contributed by atoms with E-state index < -0.39 is 16.1 Å². The van der Waals surface area contributed by atoms with Crippen molar-refractivity contribution >= 4 is 27.5 Å². The summed E-state index contributed by atoms with van der Waals surface area (Å²) in [6.07, 6.45) is 0.283. The molecule has 3 heterocycles. The Balaban J connectivity index is 1.46. The summed E-state index contributed by atoms with van der Waals surface area (Å²) in [5.41, 5.74) is 1.27. The molecular formula is C21H30N4O6S. The average Bonchev–Trinajstić information content (AvgIpc) is 3.19. The number of hydrogen-bond acceptors (Lipinski definition) is 7. The summed E-state index contributed by atoms with van der Waals surface area (Å²) >= 11 is 0. The Bertz CT molecular complexity index is 957. The van der Waals surface area contributed by atoms with Gasteiger partial charge in [-0.15, -0.1) is 0 Å². The second-order valence-electron chi connectivity index (χ2n) is 8.16. The number of carbonyl (C=O) groups excluding carboxylic acids is 2. The van der Waals surface area contributed by atoms with Gasteiger partial charge < -0.3 is 14.8 Å².